The quantitative estimate of drug-likeness (QED) is 0.840. The first-order valence-electron chi connectivity index (χ1n) is 6.94. The standard InChI is InChI=1S/C15H21F3N2O2/c1-11(20(3)13-7-5-4-6-8-13)9-19-14(21)12(2)22-10-15(16,17)18/h4-8,11-12H,9-10H2,1-3H3,(H,19,21). The van der Waals surface area contributed by atoms with E-state index < -0.39 is 24.8 Å². The summed E-state index contributed by atoms with van der Waals surface area (Å²) < 4.78 is 40.6. The molecule has 1 aromatic rings. The van der Waals surface area contributed by atoms with Crippen LogP contribution in [0.4, 0.5) is 18.9 Å². The number of halogens is 3. The summed E-state index contributed by atoms with van der Waals surface area (Å²) in [6, 6.07) is 9.58. The van der Waals surface area contributed by atoms with E-state index >= 15 is 0 Å². The number of nitrogens with one attached hydrogen (secondary N) is 1. The number of alkyl halides is 3. The van der Waals surface area contributed by atoms with Gasteiger partial charge in [-0.1, -0.05) is 18.2 Å². The third-order valence-corrected chi connectivity index (χ3v) is 3.26. The van der Waals surface area contributed by atoms with Crippen molar-refractivity contribution in [3.05, 3.63) is 30.3 Å². The lowest BCUT2D eigenvalue weighted by atomic mass is 10.2. The van der Waals surface area contributed by atoms with Crippen LogP contribution in [0.25, 0.3) is 0 Å². The Morgan fingerprint density at radius 1 is 1.27 bits per heavy atom. The van der Waals surface area contributed by atoms with E-state index in [-0.39, 0.29) is 6.04 Å². The van der Waals surface area contributed by atoms with Gasteiger partial charge < -0.3 is 15.0 Å². The third kappa shape index (κ3) is 6.34. The molecule has 0 aliphatic heterocycles. The Kier molecular flexibility index (Phi) is 6.67. The first kappa shape index (κ1) is 18.3. The fourth-order valence-electron chi connectivity index (χ4n) is 1.74. The van der Waals surface area contributed by atoms with Crippen LogP contribution in [0.1, 0.15) is 13.8 Å². The van der Waals surface area contributed by atoms with Crippen molar-refractivity contribution in [3.8, 4) is 0 Å². The molecule has 0 saturated heterocycles. The molecule has 1 N–H and O–H groups in total. The SMILES string of the molecule is CC(OCC(F)(F)F)C(=O)NCC(C)N(C)c1ccccc1. The number of para-hydroxylation sites is 1. The zero-order valence-corrected chi connectivity index (χ0v) is 12.9. The maximum Gasteiger partial charge on any atom is 0.411 e. The molecule has 0 saturated carbocycles. The molecule has 0 spiro atoms. The van der Waals surface area contributed by atoms with Gasteiger partial charge in [-0.05, 0) is 26.0 Å². The number of likely N-dealkylation sites (N-methyl/N-ethyl adjacent to an activating group) is 1. The van der Waals surface area contributed by atoms with Crippen molar-refractivity contribution in [2.24, 2.45) is 0 Å². The molecule has 1 amide bonds. The van der Waals surface area contributed by atoms with Crippen molar-refractivity contribution >= 4 is 11.6 Å². The van der Waals surface area contributed by atoms with Gasteiger partial charge in [0.25, 0.3) is 0 Å². The summed E-state index contributed by atoms with van der Waals surface area (Å²) in [5, 5.41) is 2.60. The Hall–Kier alpha value is -1.76. The molecule has 124 valence electrons. The third-order valence-electron chi connectivity index (χ3n) is 3.26. The lowest BCUT2D eigenvalue weighted by Gasteiger charge is -2.27. The molecular weight excluding hydrogens is 297 g/mol. The highest BCUT2D eigenvalue weighted by Crippen LogP contribution is 2.16. The molecule has 2 unspecified atom stereocenters. The number of hydrogen-bond acceptors (Lipinski definition) is 3. The molecule has 0 aliphatic rings. The number of hydrogen-bond donors (Lipinski definition) is 1. The monoisotopic (exact) mass is 318 g/mol. The Morgan fingerprint density at radius 2 is 1.86 bits per heavy atom. The van der Waals surface area contributed by atoms with Gasteiger partial charge in [0.1, 0.15) is 12.7 Å². The number of rotatable bonds is 7. The van der Waals surface area contributed by atoms with E-state index in [9.17, 15) is 18.0 Å². The largest absolute Gasteiger partial charge is 0.411 e. The van der Waals surface area contributed by atoms with E-state index in [1.165, 1.54) is 6.92 Å². The molecule has 1 aromatic carbocycles. The Labute approximate surface area is 128 Å². The molecule has 0 fully saturated rings. The maximum absolute atomic E-state index is 12.0. The summed E-state index contributed by atoms with van der Waals surface area (Å²) in [4.78, 5) is 13.7. The van der Waals surface area contributed by atoms with Crippen LogP contribution >= 0.6 is 0 Å². The molecule has 22 heavy (non-hydrogen) atoms. The van der Waals surface area contributed by atoms with Crippen LogP contribution in [0.2, 0.25) is 0 Å². The molecule has 4 nitrogen and oxygen atoms in total. The first-order chi connectivity index (χ1) is 10.2. The number of benzene rings is 1. The minimum absolute atomic E-state index is 0.0128. The van der Waals surface area contributed by atoms with Crippen LogP contribution in [-0.2, 0) is 9.53 Å². The van der Waals surface area contributed by atoms with Gasteiger partial charge in [-0.25, -0.2) is 0 Å². The van der Waals surface area contributed by atoms with Crippen LogP contribution in [0.15, 0.2) is 30.3 Å². The average Bonchev–Trinajstić information content (AvgIpc) is 2.49. The number of amides is 1. The van der Waals surface area contributed by atoms with Crippen LogP contribution < -0.4 is 10.2 Å². The molecular formula is C15H21F3N2O2. The second-order valence-corrected chi connectivity index (χ2v) is 5.11. The fourth-order valence-corrected chi connectivity index (χ4v) is 1.74. The molecule has 0 bridgehead atoms. The molecule has 0 heterocycles. The Balaban J connectivity index is 2.40. The van der Waals surface area contributed by atoms with E-state index in [4.69, 9.17) is 0 Å². The van der Waals surface area contributed by atoms with Crippen LogP contribution in [-0.4, -0.2) is 44.4 Å². The predicted molar refractivity (Wildman–Crippen MR) is 78.8 cm³/mol. The minimum atomic E-state index is -4.44. The molecule has 1 rings (SSSR count). The van der Waals surface area contributed by atoms with Gasteiger partial charge in [-0.15, -0.1) is 0 Å². The van der Waals surface area contributed by atoms with Gasteiger partial charge in [0.2, 0.25) is 5.91 Å². The van der Waals surface area contributed by atoms with Crippen LogP contribution in [0, 0.1) is 0 Å². The topological polar surface area (TPSA) is 41.6 Å². The molecule has 0 radical (unpaired) electrons. The van der Waals surface area contributed by atoms with Crippen molar-refractivity contribution in [1.29, 1.82) is 0 Å². The van der Waals surface area contributed by atoms with Gasteiger partial charge >= 0.3 is 6.18 Å². The number of ether oxygens (including phenoxy) is 1. The van der Waals surface area contributed by atoms with Gasteiger partial charge in [-0.3, -0.25) is 4.79 Å². The number of nitrogens with zero attached hydrogens (tertiary/aromatic N) is 1. The lowest BCUT2D eigenvalue weighted by molar-refractivity contribution is -0.185. The van der Waals surface area contributed by atoms with Crippen molar-refractivity contribution in [2.75, 3.05) is 25.1 Å². The van der Waals surface area contributed by atoms with Crippen molar-refractivity contribution < 1.29 is 22.7 Å². The molecule has 0 aromatic heterocycles. The smallest absolute Gasteiger partial charge is 0.370 e. The summed E-state index contributed by atoms with van der Waals surface area (Å²) in [7, 11) is 1.88. The Morgan fingerprint density at radius 3 is 2.41 bits per heavy atom. The Bertz CT molecular complexity index is 466. The van der Waals surface area contributed by atoms with Crippen molar-refractivity contribution in [1.82, 2.24) is 5.32 Å². The molecule has 0 aliphatic carbocycles. The van der Waals surface area contributed by atoms with E-state index in [1.54, 1.807) is 0 Å². The summed E-state index contributed by atoms with van der Waals surface area (Å²) in [6.45, 7) is 2.09. The van der Waals surface area contributed by atoms with Crippen LogP contribution in [0.3, 0.4) is 0 Å². The average molecular weight is 318 g/mol. The summed E-state index contributed by atoms with van der Waals surface area (Å²) in [5.74, 6) is -0.558. The van der Waals surface area contributed by atoms with Crippen molar-refractivity contribution in [3.63, 3.8) is 0 Å². The highest BCUT2D eigenvalue weighted by molar-refractivity contribution is 5.80. The summed E-state index contributed by atoms with van der Waals surface area (Å²) >= 11 is 0. The van der Waals surface area contributed by atoms with E-state index in [2.05, 4.69) is 10.1 Å². The van der Waals surface area contributed by atoms with Gasteiger partial charge in [0, 0.05) is 25.3 Å². The van der Waals surface area contributed by atoms with E-state index in [0.29, 0.717) is 6.54 Å². The minimum Gasteiger partial charge on any atom is -0.370 e. The first-order valence-corrected chi connectivity index (χ1v) is 6.94. The normalized spacial score (nSPS) is 14.3. The number of carbonyl (C=O) groups excluding carboxylic acids is 1. The lowest BCUT2D eigenvalue weighted by Crippen LogP contribution is -2.44. The van der Waals surface area contributed by atoms with Gasteiger partial charge in [0.05, 0.1) is 0 Å². The second kappa shape index (κ2) is 8.03. The zero-order chi connectivity index (χ0) is 16.8. The zero-order valence-electron chi connectivity index (χ0n) is 12.9. The van der Waals surface area contributed by atoms with Crippen molar-refractivity contribution in [2.45, 2.75) is 32.2 Å². The highest BCUT2D eigenvalue weighted by Gasteiger charge is 2.30. The molecule has 2 atom stereocenters. The number of carbonyl (C=O) groups is 1. The fraction of sp³-hybridized carbons (Fsp3) is 0.533. The summed E-state index contributed by atoms with van der Waals surface area (Å²) in [6.07, 6.45) is -5.58. The van der Waals surface area contributed by atoms with E-state index in [1.807, 2.05) is 49.2 Å². The highest BCUT2D eigenvalue weighted by atomic mass is 19.4. The maximum atomic E-state index is 12.0. The van der Waals surface area contributed by atoms with Gasteiger partial charge in [-0.2, -0.15) is 13.2 Å². The van der Waals surface area contributed by atoms with Crippen LogP contribution in [0.5, 0.6) is 0 Å². The second-order valence-electron chi connectivity index (χ2n) is 5.11. The predicted octanol–water partition coefficient (Wildman–Crippen LogP) is 2.59. The van der Waals surface area contributed by atoms with E-state index in [0.717, 1.165) is 5.69 Å². The molecule has 7 heteroatoms. The number of anilines is 1. The van der Waals surface area contributed by atoms with Gasteiger partial charge in [0.15, 0.2) is 0 Å². The summed E-state index contributed by atoms with van der Waals surface area (Å²) in [5.41, 5.74) is 0.991.